The van der Waals surface area contributed by atoms with E-state index < -0.39 is 0 Å². The Hall–Kier alpha value is -3.28. The van der Waals surface area contributed by atoms with Crippen LogP contribution < -0.4 is 0 Å². The normalized spacial score (nSPS) is 19.8. The second-order valence-corrected chi connectivity index (χ2v) is 9.13. The first-order valence-electron chi connectivity index (χ1n) is 12.2. The highest BCUT2D eigenvalue weighted by atomic mass is 16.2. The third-order valence-corrected chi connectivity index (χ3v) is 7.07. The van der Waals surface area contributed by atoms with Crippen molar-refractivity contribution in [2.24, 2.45) is 0 Å². The number of imide groups is 1. The molecule has 2 saturated heterocycles. The third-order valence-electron chi connectivity index (χ3n) is 7.07. The van der Waals surface area contributed by atoms with E-state index in [1.165, 1.54) is 16.0 Å². The van der Waals surface area contributed by atoms with Crippen LogP contribution in [0.2, 0.25) is 0 Å². The largest absolute Gasteiger partial charge is 0.290 e. The fraction of sp³-hybridized carbons (Fsp3) is 0.310. The van der Waals surface area contributed by atoms with Crippen LogP contribution in [0.3, 0.4) is 0 Å². The first-order valence-corrected chi connectivity index (χ1v) is 12.2. The molecule has 0 bridgehead atoms. The second-order valence-electron chi connectivity index (χ2n) is 9.13. The fourth-order valence-electron chi connectivity index (χ4n) is 5.26. The molecule has 0 radical (unpaired) electrons. The molecule has 2 aliphatic rings. The number of rotatable bonds is 7. The van der Waals surface area contributed by atoms with E-state index >= 15 is 0 Å². The van der Waals surface area contributed by atoms with E-state index in [9.17, 15) is 9.59 Å². The summed E-state index contributed by atoms with van der Waals surface area (Å²) in [6.45, 7) is 3.74. The number of nitrogens with zero attached hydrogens (tertiary/aromatic N) is 3. The van der Waals surface area contributed by atoms with Crippen molar-refractivity contribution in [3.8, 4) is 0 Å². The molecule has 0 unspecified atom stereocenters. The molecular weight excluding hydrogens is 422 g/mol. The molecule has 2 amide bonds. The van der Waals surface area contributed by atoms with Crippen molar-refractivity contribution in [1.82, 2.24) is 14.7 Å². The summed E-state index contributed by atoms with van der Waals surface area (Å²) in [5, 5.41) is 0. The molecular formula is C29H31N3O2. The summed E-state index contributed by atoms with van der Waals surface area (Å²) in [4.78, 5) is 32.0. The van der Waals surface area contributed by atoms with E-state index in [1.54, 1.807) is 0 Å². The van der Waals surface area contributed by atoms with Crippen molar-refractivity contribution in [1.29, 1.82) is 0 Å². The molecule has 0 saturated carbocycles. The maximum absolute atomic E-state index is 13.1. The van der Waals surface area contributed by atoms with E-state index in [4.69, 9.17) is 0 Å². The van der Waals surface area contributed by atoms with Crippen LogP contribution in [0.5, 0.6) is 0 Å². The van der Waals surface area contributed by atoms with E-state index in [2.05, 4.69) is 70.5 Å². The summed E-state index contributed by atoms with van der Waals surface area (Å²) in [5.74, 6) is -0.0724. The van der Waals surface area contributed by atoms with Crippen molar-refractivity contribution in [3.63, 3.8) is 0 Å². The van der Waals surface area contributed by atoms with Gasteiger partial charge in [-0.1, -0.05) is 91.0 Å². The lowest BCUT2D eigenvalue weighted by Crippen LogP contribution is -2.53. The lowest BCUT2D eigenvalue weighted by molar-refractivity contribution is -0.139. The molecule has 5 nitrogen and oxygen atoms in total. The third kappa shape index (κ3) is 4.81. The molecule has 3 aromatic carbocycles. The van der Waals surface area contributed by atoms with E-state index in [0.717, 1.165) is 31.7 Å². The summed E-state index contributed by atoms with van der Waals surface area (Å²) in [7, 11) is 0. The maximum atomic E-state index is 13.1. The van der Waals surface area contributed by atoms with Crippen LogP contribution in [0.25, 0.3) is 0 Å². The summed E-state index contributed by atoms with van der Waals surface area (Å²) < 4.78 is 0. The Balaban J connectivity index is 1.24. The van der Waals surface area contributed by atoms with Crippen molar-refractivity contribution in [2.75, 3.05) is 32.7 Å². The molecule has 34 heavy (non-hydrogen) atoms. The quantitative estimate of drug-likeness (QED) is 0.511. The van der Waals surface area contributed by atoms with Crippen LogP contribution in [0, 0.1) is 0 Å². The zero-order valence-corrected chi connectivity index (χ0v) is 19.4. The van der Waals surface area contributed by atoms with Gasteiger partial charge in [-0.3, -0.25) is 24.3 Å². The van der Waals surface area contributed by atoms with Crippen LogP contribution in [0.4, 0.5) is 0 Å². The molecule has 2 aliphatic heterocycles. The number of hydrogen-bond donors (Lipinski definition) is 0. The summed E-state index contributed by atoms with van der Waals surface area (Å²) in [6, 6.07) is 31.1. The van der Waals surface area contributed by atoms with E-state index in [1.807, 2.05) is 30.3 Å². The van der Waals surface area contributed by atoms with E-state index in [0.29, 0.717) is 19.4 Å². The van der Waals surface area contributed by atoms with Gasteiger partial charge in [0.15, 0.2) is 0 Å². The SMILES string of the molecule is O=C1C[C@H](N2CCN(C(c3ccccc3)c3ccccc3)CC2)C(=O)N1CCc1ccccc1. The van der Waals surface area contributed by atoms with Gasteiger partial charge in [-0.15, -0.1) is 0 Å². The van der Waals surface area contributed by atoms with Crippen LogP contribution in [-0.2, 0) is 16.0 Å². The maximum Gasteiger partial charge on any atom is 0.247 e. The number of piperazine rings is 1. The Morgan fingerprint density at radius 2 is 1.24 bits per heavy atom. The topological polar surface area (TPSA) is 43.9 Å². The zero-order chi connectivity index (χ0) is 23.3. The Morgan fingerprint density at radius 1 is 0.706 bits per heavy atom. The minimum absolute atomic E-state index is 0.0305. The monoisotopic (exact) mass is 453 g/mol. The number of carbonyl (C=O) groups is 2. The standard InChI is InChI=1S/C29H31N3O2/c33-27-22-26(29(34)32(27)17-16-23-10-4-1-5-11-23)30-18-20-31(21-19-30)28(24-12-6-2-7-13-24)25-14-8-3-9-15-25/h1-15,26,28H,16-22H2/t26-/m0/s1. The molecule has 2 fully saturated rings. The second kappa shape index (κ2) is 10.3. The van der Waals surface area contributed by atoms with Crippen molar-refractivity contribution < 1.29 is 9.59 Å². The zero-order valence-electron chi connectivity index (χ0n) is 19.4. The van der Waals surface area contributed by atoms with Crippen LogP contribution in [0.15, 0.2) is 91.0 Å². The molecule has 0 N–H and O–H groups in total. The minimum Gasteiger partial charge on any atom is -0.290 e. The van der Waals surface area contributed by atoms with Crippen LogP contribution in [-0.4, -0.2) is 65.3 Å². The smallest absolute Gasteiger partial charge is 0.247 e. The Kier molecular flexibility index (Phi) is 6.84. The molecule has 0 aromatic heterocycles. The van der Waals surface area contributed by atoms with Crippen molar-refractivity contribution in [3.05, 3.63) is 108 Å². The van der Waals surface area contributed by atoms with Gasteiger partial charge in [-0.25, -0.2) is 0 Å². The predicted octanol–water partition coefficient (Wildman–Crippen LogP) is 3.76. The average Bonchev–Trinajstić information content (AvgIpc) is 3.18. The average molecular weight is 454 g/mol. The molecule has 2 heterocycles. The van der Waals surface area contributed by atoms with Gasteiger partial charge in [0.1, 0.15) is 0 Å². The Morgan fingerprint density at radius 3 is 1.79 bits per heavy atom. The molecule has 174 valence electrons. The molecule has 5 rings (SSSR count). The van der Waals surface area contributed by atoms with Gasteiger partial charge in [0.25, 0.3) is 0 Å². The molecule has 1 atom stereocenters. The highest BCUT2D eigenvalue weighted by Gasteiger charge is 2.42. The van der Waals surface area contributed by atoms with Gasteiger partial charge >= 0.3 is 0 Å². The Labute approximate surface area is 201 Å². The Bertz CT molecular complexity index is 1060. The van der Waals surface area contributed by atoms with Crippen LogP contribution in [0.1, 0.15) is 29.2 Å². The van der Waals surface area contributed by atoms with Gasteiger partial charge in [-0.2, -0.15) is 0 Å². The van der Waals surface area contributed by atoms with Gasteiger partial charge in [-0.05, 0) is 23.1 Å². The van der Waals surface area contributed by atoms with Gasteiger partial charge in [0.2, 0.25) is 11.8 Å². The number of benzene rings is 3. The van der Waals surface area contributed by atoms with Crippen molar-refractivity contribution in [2.45, 2.75) is 24.9 Å². The summed E-state index contributed by atoms with van der Waals surface area (Å²) in [6.07, 6.45) is 1.00. The number of amides is 2. The summed E-state index contributed by atoms with van der Waals surface area (Å²) >= 11 is 0. The van der Waals surface area contributed by atoms with Gasteiger partial charge in [0, 0.05) is 32.7 Å². The minimum atomic E-state index is -0.322. The molecule has 3 aromatic rings. The first-order chi connectivity index (χ1) is 16.7. The van der Waals surface area contributed by atoms with Gasteiger partial charge in [0.05, 0.1) is 18.5 Å². The van der Waals surface area contributed by atoms with E-state index in [-0.39, 0.29) is 23.9 Å². The lowest BCUT2D eigenvalue weighted by atomic mass is 9.96. The highest BCUT2D eigenvalue weighted by Crippen LogP contribution is 2.30. The predicted molar refractivity (Wildman–Crippen MR) is 133 cm³/mol. The van der Waals surface area contributed by atoms with Crippen LogP contribution >= 0.6 is 0 Å². The lowest BCUT2D eigenvalue weighted by Gasteiger charge is -2.41. The molecule has 0 aliphatic carbocycles. The first kappa shape index (κ1) is 22.5. The summed E-state index contributed by atoms with van der Waals surface area (Å²) in [5.41, 5.74) is 3.70. The fourth-order valence-corrected chi connectivity index (χ4v) is 5.26. The molecule has 0 spiro atoms. The molecule has 5 heteroatoms. The highest BCUT2D eigenvalue weighted by molar-refractivity contribution is 6.05. The number of likely N-dealkylation sites (tertiary alicyclic amines) is 1. The number of hydrogen-bond acceptors (Lipinski definition) is 4. The van der Waals surface area contributed by atoms with Crippen molar-refractivity contribution >= 4 is 11.8 Å². The number of carbonyl (C=O) groups excluding carboxylic acids is 2. The van der Waals surface area contributed by atoms with Gasteiger partial charge < -0.3 is 0 Å².